The molecule has 0 saturated carbocycles. The molecule has 0 fully saturated rings. The minimum absolute atomic E-state index is 0.187. The molecule has 1 aliphatic rings. The van der Waals surface area contributed by atoms with E-state index in [1.165, 1.54) is 0 Å². The lowest BCUT2D eigenvalue weighted by atomic mass is 10.1. The van der Waals surface area contributed by atoms with E-state index >= 15 is 0 Å². The molecule has 5 heteroatoms. The van der Waals surface area contributed by atoms with Crippen LogP contribution in [0.3, 0.4) is 0 Å². The van der Waals surface area contributed by atoms with Crippen molar-refractivity contribution in [2.24, 2.45) is 5.92 Å². The number of methoxy groups -OCH3 is 1. The van der Waals surface area contributed by atoms with Gasteiger partial charge in [-0.1, -0.05) is 24.3 Å². The molecule has 0 saturated heterocycles. The van der Waals surface area contributed by atoms with Crippen molar-refractivity contribution in [3.63, 3.8) is 0 Å². The normalized spacial score (nSPS) is 15.4. The maximum Gasteiger partial charge on any atom is 0.306 e. The first-order valence-electron chi connectivity index (χ1n) is 9.00. The van der Waals surface area contributed by atoms with E-state index in [1.54, 1.807) is 55.6 Å². The van der Waals surface area contributed by atoms with Gasteiger partial charge in [0.25, 0.3) is 5.91 Å². The Kier molecular flexibility index (Phi) is 6.26. The lowest BCUT2D eigenvalue weighted by molar-refractivity contribution is -0.145. The first kappa shape index (κ1) is 18.7. The van der Waals surface area contributed by atoms with Crippen molar-refractivity contribution in [1.29, 1.82) is 0 Å². The van der Waals surface area contributed by atoms with Crippen LogP contribution < -0.4 is 10.1 Å². The van der Waals surface area contributed by atoms with Crippen LogP contribution in [-0.2, 0) is 16.1 Å². The SMILES string of the molecule is COc1ccc(NC(=O)c2ccc(COC(=O)C[C@H]3C=CCC3)cc2)cc1. The molecule has 0 unspecified atom stereocenters. The van der Waals surface area contributed by atoms with E-state index in [4.69, 9.17) is 9.47 Å². The number of benzene rings is 2. The van der Waals surface area contributed by atoms with Crippen LogP contribution in [0.15, 0.2) is 60.7 Å². The highest BCUT2D eigenvalue weighted by atomic mass is 16.5. The summed E-state index contributed by atoms with van der Waals surface area (Å²) in [4.78, 5) is 24.2. The predicted octanol–water partition coefficient (Wildman–Crippen LogP) is 4.35. The Morgan fingerprint density at radius 2 is 1.81 bits per heavy atom. The summed E-state index contributed by atoms with van der Waals surface area (Å²) >= 11 is 0. The standard InChI is InChI=1S/C22H23NO4/c1-26-20-12-10-19(11-13-20)23-22(25)18-8-6-17(7-9-18)15-27-21(24)14-16-4-2-3-5-16/h2,4,6-13,16H,3,5,14-15H2,1H3,(H,23,25)/t16-/m0/s1. The minimum Gasteiger partial charge on any atom is -0.497 e. The molecule has 2 aromatic carbocycles. The number of allylic oxidation sites excluding steroid dienone is 2. The van der Waals surface area contributed by atoms with E-state index in [0.29, 0.717) is 23.6 Å². The number of carbonyl (C=O) groups is 2. The molecule has 0 aromatic heterocycles. The molecular weight excluding hydrogens is 342 g/mol. The zero-order valence-corrected chi connectivity index (χ0v) is 15.3. The third-order valence-electron chi connectivity index (χ3n) is 4.51. The Morgan fingerprint density at radius 3 is 2.44 bits per heavy atom. The van der Waals surface area contributed by atoms with Crippen LogP contribution in [0.25, 0.3) is 0 Å². The van der Waals surface area contributed by atoms with Gasteiger partial charge in [-0.15, -0.1) is 0 Å². The fourth-order valence-electron chi connectivity index (χ4n) is 2.93. The number of anilines is 1. The Morgan fingerprint density at radius 1 is 1.07 bits per heavy atom. The molecule has 0 bridgehead atoms. The summed E-state index contributed by atoms with van der Waals surface area (Å²) < 4.78 is 10.4. The van der Waals surface area contributed by atoms with Crippen molar-refractivity contribution in [3.05, 3.63) is 71.8 Å². The summed E-state index contributed by atoms with van der Waals surface area (Å²) in [7, 11) is 1.60. The van der Waals surface area contributed by atoms with Crippen LogP contribution in [0.4, 0.5) is 5.69 Å². The summed E-state index contributed by atoms with van der Waals surface area (Å²) in [6, 6.07) is 14.2. The molecule has 1 amide bonds. The van der Waals surface area contributed by atoms with Gasteiger partial charge in [0.1, 0.15) is 12.4 Å². The number of carbonyl (C=O) groups excluding carboxylic acids is 2. The number of rotatable bonds is 7. The smallest absolute Gasteiger partial charge is 0.306 e. The number of ether oxygens (including phenoxy) is 2. The monoisotopic (exact) mass is 365 g/mol. The first-order valence-corrected chi connectivity index (χ1v) is 9.00. The van der Waals surface area contributed by atoms with Crippen LogP contribution >= 0.6 is 0 Å². The van der Waals surface area contributed by atoms with Crippen LogP contribution in [0.5, 0.6) is 5.75 Å². The second-order valence-electron chi connectivity index (χ2n) is 6.51. The Hall–Kier alpha value is -3.08. The summed E-state index contributed by atoms with van der Waals surface area (Å²) in [5, 5.41) is 2.83. The van der Waals surface area contributed by atoms with E-state index in [2.05, 4.69) is 17.5 Å². The van der Waals surface area contributed by atoms with Crippen LogP contribution in [0, 0.1) is 5.92 Å². The van der Waals surface area contributed by atoms with Crippen LogP contribution in [0.1, 0.15) is 35.2 Å². The molecule has 5 nitrogen and oxygen atoms in total. The molecule has 1 N–H and O–H groups in total. The summed E-state index contributed by atoms with van der Waals surface area (Å²) in [5.41, 5.74) is 2.09. The second-order valence-corrected chi connectivity index (χ2v) is 6.51. The van der Waals surface area contributed by atoms with Gasteiger partial charge in [0, 0.05) is 11.3 Å². The Bertz CT molecular complexity index is 809. The molecule has 2 aromatic rings. The maximum absolute atomic E-state index is 12.3. The summed E-state index contributed by atoms with van der Waals surface area (Å²) in [6.45, 7) is 0.218. The Balaban J connectivity index is 1.49. The van der Waals surface area contributed by atoms with Crippen molar-refractivity contribution < 1.29 is 19.1 Å². The van der Waals surface area contributed by atoms with Gasteiger partial charge in [-0.05, 0) is 60.7 Å². The number of nitrogens with one attached hydrogen (secondary N) is 1. The van der Waals surface area contributed by atoms with E-state index in [-0.39, 0.29) is 18.5 Å². The topological polar surface area (TPSA) is 64.6 Å². The molecular formula is C22H23NO4. The van der Waals surface area contributed by atoms with Crippen LogP contribution in [-0.4, -0.2) is 19.0 Å². The van der Waals surface area contributed by atoms with Crippen molar-refractivity contribution in [3.8, 4) is 5.75 Å². The maximum atomic E-state index is 12.3. The van der Waals surface area contributed by atoms with Gasteiger partial charge in [-0.3, -0.25) is 9.59 Å². The quantitative estimate of drug-likeness (QED) is 0.585. The lowest BCUT2D eigenvalue weighted by Crippen LogP contribution is -2.12. The lowest BCUT2D eigenvalue weighted by Gasteiger charge is -2.09. The fraction of sp³-hybridized carbons (Fsp3) is 0.273. The van der Waals surface area contributed by atoms with Gasteiger partial charge in [0.05, 0.1) is 13.5 Å². The van der Waals surface area contributed by atoms with Crippen molar-refractivity contribution in [2.75, 3.05) is 12.4 Å². The number of hydrogen-bond donors (Lipinski definition) is 1. The largest absolute Gasteiger partial charge is 0.497 e. The molecule has 27 heavy (non-hydrogen) atoms. The zero-order valence-electron chi connectivity index (χ0n) is 15.3. The van der Waals surface area contributed by atoms with Gasteiger partial charge in [-0.25, -0.2) is 0 Å². The molecule has 140 valence electrons. The molecule has 1 aliphatic carbocycles. The molecule has 0 aliphatic heterocycles. The molecule has 0 heterocycles. The van der Waals surface area contributed by atoms with E-state index < -0.39 is 0 Å². The third kappa shape index (κ3) is 5.45. The van der Waals surface area contributed by atoms with Gasteiger partial charge >= 0.3 is 5.97 Å². The van der Waals surface area contributed by atoms with Crippen molar-refractivity contribution in [1.82, 2.24) is 0 Å². The zero-order chi connectivity index (χ0) is 19.1. The third-order valence-corrected chi connectivity index (χ3v) is 4.51. The van der Waals surface area contributed by atoms with E-state index in [9.17, 15) is 9.59 Å². The van der Waals surface area contributed by atoms with E-state index in [1.807, 2.05) is 0 Å². The highest BCUT2D eigenvalue weighted by Crippen LogP contribution is 2.21. The first-order chi connectivity index (χ1) is 13.1. The number of esters is 1. The second kappa shape index (κ2) is 9.03. The summed E-state index contributed by atoms with van der Waals surface area (Å²) in [6.07, 6.45) is 6.68. The van der Waals surface area contributed by atoms with Gasteiger partial charge in [0.15, 0.2) is 0 Å². The van der Waals surface area contributed by atoms with E-state index in [0.717, 1.165) is 24.2 Å². The highest BCUT2D eigenvalue weighted by molar-refractivity contribution is 6.04. The highest BCUT2D eigenvalue weighted by Gasteiger charge is 2.15. The average Bonchev–Trinajstić information content (AvgIpc) is 3.20. The molecule has 0 spiro atoms. The minimum atomic E-state index is -0.197. The average molecular weight is 365 g/mol. The van der Waals surface area contributed by atoms with Gasteiger partial charge in [0.2, 0.25) is 0 Å². The van der Waals surface area contributed by atoms with Crippen molar-refractivity contribution >= 4 is 17.6 Å². The molecule has 1 atom stereocenters. The van der Waals surface area contributed by atoms with Gasteiger partial charge in [-0.2, -0.15) is 0 Å². The molecule has 3 rings (SSSR count). The van der Waals surface area contributed by atoms with Gasteiger partial charge < -0.3 is 14.8 Å². The van der Waals surface area contributed by atoms with Crippen LogP contribution in [0.2, 0.25) is 0 Å². The molecule has 0 radical (unpaired) electrons. The van der Waals surface area contributed by atoms with Crippen molar-refractivity contribution in [2.45, 2.75) is 25.9 Å². The summed E-state index contributed by atoms with van der Waals surface area (Å²) in [5.74, 6) is 0.655. The Labute approximate surface area is 159 Å². The fourth-order valence-corrected chi connectivity index (χ4v) is 2.93. The number of amides is 1. The predicted molar refractivity (Wildman–Crippen MR) is 104 cm³/mol. The number of hydrogen-bond acceptors (Lipinski definition) is 4.